The molecule has 1 N–H and O–H groups in total. The number of hydrogen-bond donors (Lipinski definition) is 1. The van der Waals surface area contributed by atoms with Gasteiger partial charge in [0.15, 0.2) is 0 Å². The van der Waals surface area contributed by atoms with Crippen molar-refractivity contribution in [3.63, 3.8) is 0 Å². The van der Waals surface area contributed by atoms with Crippen LogP contribution in [0.5, 0.6) is 0 Å². The Kier molecular flexibility index (Phi) is 3.08. The van der Waals surface area contributed by atoms with E-state index < -0.39 is 0 Å². The van der Waals surface area contributed by atoms with Gasteiger partial charge >= 0.3 is 0 Å². The average Bonchev–Trinajstić information content (AvgIpc) is 2.28. The molecule has 0 spiro atoms. The highest BCUT2D eigenvalue weighted by molar-refractivity contribution is 5.94. The van der Waals surface area contributed by atoms with E-state index in [0.29, 0.717) is 11.5 Å². The minimum absolute atomic E-state index is 0.0300. The first kappa shape index (κ1) is 10.9. The zero-order valence-corrected chi connectivity index (χ0v) is 9.40. The number of nitrogens with zero attached hydrogens (tertiary/aromatic N) is 1. The van der Waals surface area contributed by atoms with Gasteiger partial charge < -0.3 is 9.88 Å². The molecule has 1 amide bonds. The van der Waals surface area contributed by atoms with Crippen molar-refractivity contribution in [2.24, 2.45) is 5.92 Å². The number of carbonyl (C=O) groups excluding carboxylic acids is 1. The van der Waals surface area contributed by atoms with Crippen LogP contribution in [0.3, 0.4) is 0 Å². The first-order valence-electron chi connectivity index (χ1n) is 5.65. The molecule has 0 aliphatic carbocycles. The summed E-state index contributed by atoms with van der Waals surface area (Å²) in [5, 5.41) is 0. The Balaban J connectivity index is 2.15. The number of amides is 1. The second-order valence-electron chi connectivity index (χ2n) is 4.44. The van der Waals surface area contributed by atoms with Gasteiger partial charge in [-0.05, 0) is 24.8 Å². The monoisotopic (exact) mass is 220 g/mol. The predicted octanol–water partition coefficient (Wildman–Crippen LogP) is 1.25. The number of carbonyl (C=O) groups is 1. The largest absolute Gasteiger partial charge is 0.338 e. The van der Waals surface area contributed by atoms with Crippen LogP contribution >= 0.6 is 0 Å². The topological polar surface area (TPSA) is 53.2 Å². The number of hydrogen-bond acceptors (Lipinski definition) is 2. The predicted molar refractivity (Wildman–Crippen MR) is 61.4 cm³/mol. The summed E-state index contributed by atoms with van der Waals surface area (Å²) in [5.41, 5.74) is 0.258. The van der Waals surface area contributed by atoms with Crippen molar-refractivity contribution in [2.75, 3.05) is 13.1 Å². The molecule has 1 aliphatic heterocycles. The molecule has 2 rings (SSSR count). The Bertz CT molecular complexity index is 439. The van der Waals surface area contributed by atoms with Gasteiger partial charge in [-0.15, -0.1) is 0 Å². The maximum atomic E-state index is 12.1. The summed E-state index contributed by atoms with van der Waals surface area (Å²) in [5.74, 6) is 0.525. The van der Waals surface area contributed by atoms with Crippen molar-refractivity contribution in [3.8, 4) is 0 Å². The molecule has 0 aromatic carbocycles. The minimum Gasteiger partial charge on any atom is -0.338 e. The van der Waals surface area contributed by atoms with Crippen molar-refractivity contribution in [2.45, 2.75) is 19.8 Å². The van der Waals surface area contributed by atoms with Crippen LogP contribution in [0, 0.1) is 5.92 Å². The molecule has 4 heteroatoms. The quantitative estimate of drug-likeness (QED) is 0.774. The van der Waals surface area contributed by atoms with E-state index in [0.717, 1.165) is 19.5 Å². The van der Waals surface area contributed by atoms with E-state index in [2.05, 4.69) is 11.9 Å². The smallest absolute Gasteiger partial charge is 0.254 e. The lowest BCUT2D eigenvalue weighted by atomic mass is 10.00. The molecule has 1 unspecified atom stereocenters. The molecule has 1 aromatic rings. The normalized spacial score (nSPS) is 20.8. The Morgan fingerprint density at radius 3 is 3.06 bits per heavy atom. The summed E-state index contributed by atoms with van der Waals surface area (Å²) in [6, 6.07) is 3.02. The van der Waals surface area contributed by atoms with Crippen LogP contribution in [-0.4, -0.2) is 28.9 Å². The van der Waals surface area contributed by atoms with Gasteiger partial charge in [0, 0.05) is 30.9 Å². The molecule has 2 heterocycles. The van der Waals surface area contributed by atoms with Crippen molar-refractivity contribution in [1.29, 1.82) is 0 Å². The Labute approximate surface area is 94.3 Å². The lowest BCUT2D eigenvalue weighted by Gasteiger charge is -2.30. The minimum atomic E-state index is -0.226. The number of nitrogens with one attached hydrogen (secondary N) is 1. The summed E-state index contributed by atoms with van der Waals surface area (Å²) in [6.45, 7) is 3.75. The van der Waals surface area contributed by atoms with E-state index in [-0.39, 0.29) is 11.5 Å². The molecule has 0 bridgehead atoms. The van der Waals surface area contributed by atoms with Gasteiger partial charge in [-0.3, -0.25) is 9.59 Å². The van der Waals surface area contributed by atoms with Crippen LogP contribution in [0.2, 0.25) is 0 Å². The zero-order valence-electron chi connectivity index (χ0n) is 9.40. The van der Waals surface area contributed by atoms with Crippen LogP contribution < -0.4 is 5.56 Å². The lowest BCUT2D eigenvalue weighted by molar-refractivity contribution is 0.0683. The van der Waals surface area contributed by atoms with E-state index in [1.807, 2.05) is 4.90 Å². The van der Waals surface area contributed by atoms with Crippen LogP contribution in [0.4, 0.5) is 0 Å². The standard InChI is InChI=1S/C12H16N2O2/c1-9-3-2-6-14(8-9)12(16)10-4-5-13-11(15)7-10/h4-5,7,9H,2-3,6,8H2,1H3,(H,13,15). The molecule has 1 aliphatic rings. The van der Waals surface area contributed by atoms with Crippen LogP contribution in [0.1, 0.15) is 30.1 Å². The first-order valence-corrected chi connectivity index (χ1v) is 5.65. The van der Waals surface area contributed by atoms with Crippen molar-refractivity contribution in [1.82, 2.24) is 9.88 Å². The van der Waals surface area contributed by atoms with Crippen molar-refractivity contribution in [3.05, 3.63) is 34.2 Å². The van der Waals surface area contributed by atoms with E-state index in [1.54, 1.807) is 6.07 Å². The lowest BCUT2D eigenvalue weighted by Crippen LogP contribution is -2.39. The second kappa shape index (κ2) is 4.51. The highest BCUT2D eigenvalue weighted by Crippen LogP contribution is 2.17. The van der Waals surface area contributed by atoms with Crippen molar-refractivity contribution < 1.29 is 4.79 Å². The van der Waals surface area contributed by atoms with Crippen LogP contribution in [0.15, 0.2) is 23.1 Å². The summed E-state index contributed by atoms with van der Waals surface area (Å²) in [6.07, 6.45) is 3.75. The number of aromatic amines is 1. The number of piperidine rings is 1. The number of likely N-dealkylation sites (tertiary alicyclic amines) is 1. The molecular weight excluding hydrogens is 204 g/mol. The van der Waals surface area contributed by atoms with Crippen LogP contribution in [0.25, 0.3) is 0 Å². The fourth-order valence-electron chi connectivity index (χ4n) is 2.13. The maximum absolute atomic E-state index is 12.1. The fourth-order valence-corrected chi connectivity index (χ4v) is 2.13. The molecule has 1 atom stereocenters. The molecule has 16 heavy (non-hydrogen) atoms. The van der Waals surface area contributed by atoms with Gasteiger partial charge in [-0.2, -0.15) is 0 Å². The molecule has 0 radical (unpaired) electrons. The van der Waals surface area contributed by atoms with Gasteiger partial charge in [0.2, 0.25) is 5.56 Å². The fraction of sp³-hybridized carbons (Fsp3) is 0.500. The highest BCUT2D eigenvalue weighted by Gasteiger charge is 2.21. The third-order valence-electron chi connectivity index (χ3n) is 2.97. The number of aromatic nitrogens is 1. The second-order valence-corrected chi connectivity index (χ2v) is 4.44. The maximum Gasteiger partial charge on any atom is 0.254 e. The number of rotatable bonds is 1. The Morgan fingerprint density at radius 1 is 1.56 bits per heavy atom. The summed E-state index contributed by atoms with van der Waals surface area (Å²) >= 11 is 0. The first-order chi connectivity index (χ1) is 7.66. The van der Waals surface area contributed by atoms with Gasteiger partial charge in [0.25, 0.3) is 5.91 Å². The summed E-state index contributed by atoms with van der Waals surface area (Å²) in [4.78, 5) is 27.5. The van der Waals surface area contributed by atoms with E-state index in [4.69, 9.17) is 0 Å². The van der Waals surface area contributed by atoms with Crippen LogP contribution in [-0.2, 0) is 0 Å². The van der Waals surface area contributed by atoms with Gasteiger partial charge in [0.05, 0.1) is 0 Å². The summed E-state index contributed by atoms with van der Waals surface area (Å²) in [7, 11) is 0. The van der Waals surface area contributed by atoms with E-state index >= 15 is 0 Å². The average molecular weight is 220 g/mol. The van der Waals surface area contributed by atoms with E-state index in [9.17, 15) is 9.59 Å². The third-order valence-corrected chi connectivity index (χ3v) is 2.97. The Morgan fingerprint density at radius 2 is 2.38 bits per heavy atom. The molecule has 4 nitrogen and oxygen atoms in total. The third kappa shape index (κ3) is 2.32. The zero-order chi connectivity index (χ0) is 11.5. The van der Waals surface area contributed by atoms with Gasteiger partial charge in [-0.1, -0.05) is 6.92 Å². The number of H-pyrrole nitrogens is 1. The van der Waals surface area contributed by atoms with Crippen molar-refractivity contribution >= 4 is 5.91 Å². The highest BCUT2D eigenvalue weighted by atomic mass is 16.2. The molecule has 1 saturated heterocycles. The molecule has 0 saturated carbocycles. The van der Waals surface area contributed by atoms with E-state index in [1.165, 1.54) is 18.7 Å². The molecule has 86 valence electrons. The molecule has 1 fully saturated rings. The molecule has 1 aromatic heterocycles. The number of pyridine rings is 1. The SMILES string of the molecule is CC1CCCN(C(=O)c2cc[nH]c(=O)c2)C1. The van der Waals surface area contributed by atoms with Gasteiger partial charge in [-0.25, -0.2) is 0 Å². The summed E-state index contributed by atoms with van der Waals surface area (Å²) < 4.78 is 0. The van der Waals surface area contributed by atoms with Gasteiger partial charge in [0.1, 0.15) is 0 Å². The molecular formula is C12H16N2O2. The Hall–Kier alpha value is -1.58.